The fourth-order valence-electron chi connectivity index (χ4n) is 3.78. The van der Waals surface area contributed by atoms with Crippen LogP contribution in [-0.4, -0.2) is 48.9 Å². The van der Waals surface area contributed by atoms with Crippen molar-refractivity contribution in [3.8, 4) is 0 Å². The van der Waals surface area contributed by atoms with Gasteiger partial charge in [-0.05, 0) is 48.2 Å². The fraction of sp³-hybridized carbons (Fsp3) is 0.417. The first-order valence-electron chi connectivity index (χ1n) is 10.9. The molecule has 2 aromatic carbocycles. The van der Waals surface area contributed by atoms with Crippen LogP contribution in [0.25, 0.3) is 0 Å². The third-order valence-electron chi connectivity index (χ3n) is 5.73. The molecule has 1 fully saturated rings. The van der Waals surface area contributed by atoms with Crippen molar-refractivity contribution in [2.24, 2.45) is 5.92 Å². The van der Waals surface area contributed by atoms with Gasteiger partial charge < -0.3 is 15.1 Å². The van der Waals surface area contributed by atoms with Gasteiger partial charge in [-0.15, -0.1) is 0 Å². The van der Waals surface area contributed by atoms with E-state index >= 15 is 0 Å². The zero-order valence-corrected chi connectivity index (χ0v) is 21.6. The summed E-state index contributed by atoms with van der Waals surface area (Å²) >= 11 is 24.1. The van der Waals surface area contributed by atoms with Crippen molar-refractivity contribution < 1.29 is 9.59 Å². The SMILES string of the molecule is CC(C)[C@@H](NC(=O)CCc1ccc(Cl)c(Cl)c1)C(=O)N1CCN(c2ccc(Cl)c(Cl)c2)CC1. The summed E-state index contributed by atoms with van der Waals surface area (Å²) in [5.41, 5.74) is 1.90. The summed E-state index contributed by atoms with van der Waals surface area (Å²) in [4.78, 5) is 29.8. The highest BCUT2D eigenvalue weighted by Crippen LogP contribution is 2.28. The summed E-state index contributed by atoms with van der Waals surface area (Å²) in [6, 6.07) is 10.3. The van der Waals surface area contributed by atoms with E-state index in [-0.39, 0.29) is 24.2 Å². The standard InChI is InChI=1S/C24H27Cl4N3O2/c1-15(2)23(29-22(32)8-4-16-3-6-18(25)20(27)13-16)24(33)31-11-9-30(10-12-31)17-5-7-19(26)21(28)14-17/h3,5-7,13-15,23H,4,8-12H2,1-2H3,(H,29,32)/t23-/m1/s1. The second-order valence-electron chi connectivity index (χ2n) is 8.45. The molecule has 1 heterocycles. The lowest BCUT2D eigenvalue weighted by Crippen LogP contribution is -2.56. The molecule has 9 heteroatoms. The van der Waals surface area contributed by atoms with Crippen LogP contribution in [0.5, 0.6) is 0 Å². The van der Waals surface area contributed by atoms with Gasteiger partial charge in [0.2, 0.25) is 11.8 Å². The van der Waals surface area contributed by atoms with Crippen LogP contribution in [0.1, 0.15) is 25.8 Å². The first-order chi connectivity index (χ1) is 15.7. The van der Waals surface area contributed by atoms with E-state index < -0.39 is 6.04 Å². The molecule has 0 radical (unpaired) electrons. The van der Waals surface area contributed by atoms with Gasteiger partial charge in [0, 0.05) is 38.3 Å². The Balaban J connectivity index is 1.54. The molecule has 178 valence electrons. The number of hydrogen-bond donors (Lipinski definition) is 1. The Kier molecular flexibility index (Phi) is 9.17. The lowest BCUT2D eigenvalue weighted by atomic mass is 10.0. The highest BCUT2D eigenvalue weighted by molar-refractivity contribution is 6.42. The van der Waals surface area contributed by atoms with Crippen LogP contribution in [-0.2, 0) is 16.0 Å². The van der Waals surface area contributed by atoms with Crippen LogP contribution in [0.3, 0.4) is 0 Å². The van der Waals surface area contributed by atoms with Gasteiger partial charge >= 0.3 is 0 Å². The molecule has 5 nitrogen and oxygen atoms in total. The maximum absolute atomic E-state index is 13.2. The second kappa shape index (κ2) is 11.7. The van der Waals surface area contributed by atoms with E-state index in [0.29, 0.717) is 52.7 Å². The quantitative estimate of drug-likeness (QED) is 0.498. The van der Waals surface area contributed by atoms with E-state index in [1.807, 2.05) is 36.9 Å². The van der Waals surface area contributed by atoms with E-state index in [9.17, 15) is 9.59 Å². The van der Waals surface area contributed by atoms with Gasteiger partial charge in [-0.1, -0.05) is 66.3 Å². The monoisotopic (exact) mass is 529 g/mol. The molecule has 0 spiro atoms. The van der Waals surface area contributed by atoms with Gasteiger partial charge in [0.05, 0.1) is 20.1 Å². The Morgan fingerprint density at radius 3 is 2.06 bits per heavy atom. The largest absolute Gasteiger partial charge is 0.368 e. The number of piperazine rings is 1. The Bertz CT molecular complexity index is 1010. The minimum absolute atomic E-state index is 0.0282. The van der Waals surface area contributed by atoms with Crippen LogP contribution in [0.4, 0.5) is 5.69 Å². The number of carbonyl (C=O) groups excluding carboxylic acids is 2. The zero-order chi connectivity index (χ0) is 24.1. The molecule has 1 saturated heterocycles. The molecule has 0 bridgehead atoms. The molecule has 1 aliphatic rings. The third-order valence-corrected chi connectivity index (χ3v) is 7.21. The molecule has 0 unspecified atom stereocenters. The molecule has 1 atom stereocenters. The zero-order valence-electron chi connectivity index (χ0n) is 18.6. The first kappa shape index (κ1) is 26.0. The summed E-state index contributed by atoms with van der Waals surface area (Å²) in [6.07, 6.45) is 0.781. The minimum atomic E-state index is -0.567. The number of amides is 2. The lowest BCUT2D eigenvalue weighted by molar-refractivity contribution is -0.138. The van der Waals surface area contributed by atoms with Gasteiger partial charge in [0.25, 0.3) is 0 Å². The van der Waals surface area contributed by atoms with E-state index in [4.69, 9.17) is 46.4 Å². The highest BCUT2D eigenvalue weighted by atomic mass is 35.5. The summed E-state index contributed by atoms with van der Waals surface area (Å²) in [7, 11) is 0. The molecule has 0 aliphatic carbocycles. The topological polar surface area (TPSA) is 52.7 Å². The number of benzene rings is 2. The fourth-order valence-corrected chi connectivity index (χ4v) is 4.39. The number of halogens is 4. The van der Waals surface area contributed by atoms with Crippen LogP contribution >= 0.6 is 46.4 Å². The average molecular weight is 531 g/mol. The molecule has 0 aromatic heterocycles. The summed E-state index contributed by atoms with van der Waals surface area (Å²) in [6.45, 7) is 6.38. The van der Waals surface area contributed by atoms with Gasteiger partial charge in [0.15, 0.2) is 0 Å². The molecule has 0 saturated carbocycles. The molecular weight excluding hydrogens is 504 g/mol. The summed E-state index contributed by atoms with van der Waals surface area (Å²) in [5, 5.41) is 4.90. The minimum Gasteiger partial charge on any atom is -0.368 e. The number of rotatable bonds is 7. The summed E-state index contributed by atoms with van der Waals surface area (Å²) < 4.78 is 0. The number of hydrogen-bond acceptors (Lipinski definition) is 3. The van der Waals surface area contributed by atoms with Crippen LogP contribution in [0.2, 0.25) is 20.1 Å². The first-order valence-corrected chi connectivity index (χ1v) is 12.4. The van der Waals surface area contributed by atoms with Gasteiger partial charge in [-0.25, -0.2) is 0 Å². The van der Waals surface area contributed by atoms with Crippen molar-refractivity contribution in [2.75, 3.05) is 31.1 Å². The highest BCUT2D eigenvalue weighted by Gasteiger charge is 2.30. The number of nitrogens with zero attached hydrogens (tertiary/aromatic N) is 2. The summed E-state index contributed by atoms with van der Waals surface area (Å²) in [5.74, 6) is -0.247. The van der Waals surface area contributed by atoms with E-state index in [1.54, 1.807) is 18.2 Å². The molecule has 3 rings (SSSR count). The van der Waals surface area contributed by atoms with Crippen molar-refractivity contribution in [3.63, 3.8) is 0 Å². The van der Waals surface area contributed by atoms with Gasteiger partial charge in [-0.3, -0.25) is 9.59 Å². The smallest absolute Gasteiger partial charge is 0.245 e. The van der Waals surface area contributed by atoms with Crippen molar-refractivity contribution in [2.45, 2.75) is 32.7 Å². The number of anilines is 1. The predicted molar refractivity (Wildman–Crippen MR) is 137 cm³/mol. The molecule has 2 amide bonds. The van der Waals surface area contributed by atoms with E-state index in [2.05, 4.69) is 10.2 Å². The van der Waals surface area contributed by atoms with Gasteiger partial charge in [0.1, 0.15) is 6.04 Å². The van der Waals surface area contributed by atoms with E-state index in [1.165, 1.54) is 0 Å². The van der Waals surface area contributed by atoms with Crippen molar-refractivity contribution >= 4 is 63.9 Å². The maximum Gasteiger partial charge on any atom is 0.245 e. The number of aryl methyl sites for hydroxylation is 1. The Hall–Kier alpha value is -1.66. The van der Waals surface area contributed by atoms with Crippen LogP contribution in [0.15, 0.2) is 36.4 Å². The number of nitrogens with one attached hydrogen (secondary N) is 1. The molecule has 1 aliphatic heterocycles. The van der Waals surface area contributed by atoms with Crippen molar-refractivity contribution in [3.05, 3.63) is 62.1 Å². The van der Waals surface area contributed by atoms with Crippen LogP contribution in [0, 0.1) is 5.92 Å². The average Bonchev–Trinajstić information content (AvgIpc) is 2.79. The van der Waals surface area contributed by atoms with Crippen molar-refractivity contribution in [1.82, 2.24) is 10.2 Å². The number of carbonyl (C=O) groups is 2. The molecule has 1 N–H and O–H groups in total. The Labute approximate surface area is 214 Å². The molecule has 33 heavy (non-hydrogen) atoms. The predicted octanol–water partition coefficient (Wildman–Crippen LogP) is 5.72. The Morgan fingerprint density at radius 2 is 1.48 bits per heavy atom. The normalized spacial score (nSPS) is 15.0. The van der Waals surface area contributed by atoms with Crippen LogP contribution < -0.4 is 10.2 Å². The van der Waals surface area contributed by atoms with Gasteiger partial charge in [-0.2, -0.15) is 0 Å². The molecular formula is C24H27Cl4N3O2. The lowest BCUT2D eigenvalue weighted by Gasteiger charge is -2.38. The maximum atomic E-state index is 13.2. The van der Waals surface area contributed by atoms with Crippen molar-refractivity contribution in [1.29, 1.82) is 0 Å². The second-order valence-corrected chi connectivity index (χ2v) is 10.1. The molecule has 2 aromatic rings. The van der Waals surface area contributed by atoms with E-state index in [0.717, 1.165) is 11.3 Å². The third kappa shape index (κ3) is 6.92. The Morgan fingerprint density at radius 1 is 0.879 bits per heavy atom.